The van der Waals surface area contributed by atoms with Gasteiger partial charge in [0.1, 0.15) is 0 Å². The minimum atomic E-state index is -0.392. The molecule has 0 aromatic heterocycles. The van der Waals surface area contributed by atoms with E-state index in [-0.39, 0.29) is 0 Å². The fourth-order valence-electron chi connectivity index (χ4n) is 2.76. The number of piperidine rings is 1. The molecular formula is C15H23NO. The summed E-state index contributed by atoms with van der Waals surface area (Å²) < 4.78 is 0. The predicted octanol–water partition coefficient (Wildman–Crippen LogP) is 3.37. The van der Waals surface area contributed by atoms with Gasteiger partial charge in [-0.25, -0.2) is 0 Å². The van der Waals surface area contributed by atoms with Gasteiger partial charge in [0, 0.05) is 24.3 Å². The van der Waals surface area contributed by atoms with E-state index in [2.05, 4.69) is 30.9 Å². The van der Waals surface area contributed by atoms with Gasteiger partial charge in [0.05, 0.1) is 6.10 Å². The van der Waals surface area contributed by atoms with Crippen LogP contribution >= 0.6 is 0 Å². The van der Waals surface area contributed by atoms with Gasteiger partial charge in [-0.05, 0) is 31.2 Å². The summed E-state index contributed by atoms with van der Waals surface area (Å²) in [6.45, 7) is 8.67. The van der Waals surface area contributed by atoms with E-state index in [0.29, 0.717) is 5.41 Å². The molecular weight excluding hydrogens is 210 g/mol. The molecule has 2 rings (SSSR count). The van der Waals surface area contributed by atoms with Gasteiger partial charge in [0.25, 0.3) is 0 Å². The highest BCUT2D eigenvalue weighted by Gasteiger charge is 2.27. The van der Waals surface area contributed by atoms with E-state index >= 15 is 0 Å². The largest absolute Gasteiger partial charge is 0.389 e. The van der Waals surface area contributed by atoms with Gasteiger partial charge in [0.2, 0.25) is 0 Å². The summed E-state index contributed by atoms with van der Waals surface area (Å²) in [5.74, 6) is 0. The Kier molecular flexibility index (Phi) is 3.43. The number of nitrogens with zero attached hydrogens (tertiary/aromatic N) is 1. The molecule has 0 saturated carbocycles. The lowest BCUT2D eigenvalue weighted by molar-refractivity contribution is 0.199. The third-order valence-electron chi connectivity index (χ3n) is 3.63. The highest BCUT2D eigenvalue weighted by Crippen LogP contribution is 2.34. The van der Waals surface area contributed by atoms with Crippen LogP contribution in [0.4, 0.5) is 5.69 Å². The zero-order valence-electron chi connectivity index (χ0n) is 11.1. The first-order chi connectivity index (χ1) is 7.99. The number of aliphatic hydroxyl groups is 1. The molecule has 1 saturated heterocycles. The Bertz CT molecular complexity index is 384. The summed E-state index contributed by atoms with van der Waals surface area (Å²) in [4.78, 5) is 2.42. The number of para-hydroxylation sites is 1. The molecule has 0 spiro atoms. The van der Waals surface area contributed by atoms with Crippen molar-refractivity contribution in [3.63, 3.8) is 0 Å². The third kappa shape index (κ3) is 2.81. The van der Waals surface area contributed by atoms with Crippen LogP contribution < -0.4 is 4.90 Å². The molecule has 1 aliphatic heterocycles. The maximum absolute atomic E-state index is 9.84. The van der Waals surface area contributed by atoms with Crippen molar-refractivity contribution in [1.29, 1.82) is 0 Å². The summed E-state index contributed by atoms with van der Waals surface area (Å²) in [6, 6.07) is 8.22. The van der Waals surface area contributed by atoms with Gasteiger partial charge in [-0.2, -0.15) is 0 Å². The molecule has 2 nitrogen and oxygen atoms in total. The van der Waals surface area contributed by atoms with Crippen molar-refractivity contribution in [2.75, 3.05) is 18.0 Å². The van der Waals surface area contributed by atoms with Crippen molar-refractivity contribution in [2.45, 2.75) is 39.7 Å². The predicted molar refractivity (Wildman–Crippen MR) is 72.3 cm³/mol. The van der Waals surface area contributed by atoms with Crippen LogP contribution in [0.15, 0.2) is 24.3 Å². The van der Waals surface area contributed by atoms with Crippen LogP contribution in [0.5, 0.6) is 0 Å². The lowest BCUT2D eigenvalue weighted by Gasteiger charge is -2.40. The molecule has 0 radical (unpaired) electrons. The van der Waals surface area contributed by atoms with E-state index in [1.807, 2.05) is 19.1 Å². The Morgan fingerprint density at radius 1 is 1.29 bits per heavy atom. The van der Waals surface area contributed by atoms with Gasteiger partial charge in [-0.3, -0.25) is 0 Å². The molecule has 1 aromatic rings. The van der Waals surface area contributed by atoms with E-state index in [9.17, 15) is 5.11 Å². The van der Waals surface area contributed by atoms with Crippen LogP contribution in [-0.2, 0) is 0 Å². The number of rotatable bonds is 2. The van der Waals surface area contributed by atoms with Gasteiger partial charge in [-0.1, -0.05) is 32.0 Å². The summed E-state index contributed by atoms with van der Waals surface area (Å²) in [5, 5.41) is 9.84. The quantitative estimate of drug-likeness (QED) is 0.846. The standard InChI is InChI=1S/C15H23NO/c1-12(17)13-7-4-5-8-14(13)16-10-6-9-15(2,3)11-16/h4-5,7-8,12,17H,6,9-11H2,1-3H3/t12-/m1/s1. The van der Waals surface area contributed by atoms with Gasteiger partial charge >= 0.3 is 0 Å². The molecule has 1 atom stereocenters. The van der Waals surface area contributed by atoms with Gasteiger partial charge in [-0.15, -0.1) is 0 Å². The summed E-state index contributed by atoms with van der Waals surface area (Å²) >= 11 is 0. The van der Waals surface area contributed by atoms with Gasteiger partial charge in [0.15, 0.2) is 0 Å². The third-order valence-corrected chi connectivity index (χ3v) is 3.63. The zero-order valence-corrected chi connectivity index (χ0v) is 11.1. The van der Waals surface area contributed by atoms with Crippen molar-refractivity contribution in [2.24, 2.45) is 5.41 Å². The second-order valence-corrected chi connectivity index (χ2v) is 5.92. The Morgan fingerprint density at radius 2 is 2.00 bits per heavy atom. The second-order valence-electron chi connectivity index (χ2n) is 5.92. The van der Waals surface area contributed by atoms with E-state index in [1.165, 1.54) is 18.5 Å². The van der Waals surface area contributed by atoms with Crippen LogP contribution in [0.3, 0.4) is 0 Å². The van der Waals surface area contributed by atoms with Gasteiger partial charge < -0.3 is 10.0 Å². The van der Waals surface area contributed by atoms with Crippen molar-refractivity contribution in [1.82, 2.24) is 0 Å². The molecule has 0 bridgehead atoms. The van der Waals surface area contributed by atoms with Crippen LogP contribution in [0, 0.1) is 5.41 Å². The molecule has 0 aliphatic carbocycles. The van der Waals surface area contributed by atoms with E-state index in [4.69, 9.17) is 0 Å². The first kappa shape index (κ1) is 12.4. The molecule has 0 amide bonds. The number of aliphatic hydroxyl groups excluding tert-OH is 1. The lowest BCUT2D eigenvalue weighted by atomic mass is 9.83. The number of hydrogen-bond acceptors (Lipinski definition) is 2. The average Bonchev–Trinajstić information content (AvgIpc) is 2.27. The van der Waals surface area contributed by atoms with Crippen LogP contribution in [-0.4, -0.2) is 18.2 Å². The first-order valence-corrected chi connectivity index (χ1v) is 6.51. The molecule has 1 N–H and O–H groups in total. The second kappa shape index (κ2) is 4.69. The maximum Gasteiger partial charge on any atom is 0.0781 e. The van der Waals surface area contributed by atoms with Crippen molar-refractivity contribution in [3.05, 3.63) is 29.8 Å². The lowest BCUT2D eigenvalue weighted by Crippen LogP contribution is -2.40. The summed E-state index contributed by atoms with van der Waals surface area (Å²) in [6.07, 6.45) is 2.14. The summed E-state index contributed by atoms with van der Waals surface area (Å²) in [7, 11) is 0. The Balaban J connectivity index is 2.27. The van der Waals surface area contributed by atoms with Crippen LogP contribution in [0.1, 0.15) is 45.3 Å². The SMILES string of the molecule is C[C@@H](O)c1ccccc1N1CCCC(C)(C)C1. The van der Waals surface area contributed by atoms with E-state index in [0.717, 1.165) is 18.7 Å². The zero-order chi connectivity index (χ0) is 12.5. The highest BCUT2D eigenvalue weighted by atomic mass is 16.3. The normalized spacial score (nSPS) is 21.3. The van der Waals surface area contributed by atoms with E-state index in [1.54, 1.807) is 0 Å². The molecule has 1 heterocycles. The maximum atomic E-state index is 9.84. The minimum absolute atomic E-state index is 0.379. The molecule has 0 unspecified atom stereocenters. The molecule has 94 valence electrons. The smallest absolute Gasteiger partial charge is 0.0781 e. The van der Waals surface area contributed by atoms with Crippen LogP contribution in [0.25, 0.3) is 0 Å². The fourth-order valence-corrected chi connectivity index (χ4v) is 2.76. The molecule has 2 heteroatoms. The molecule has 1 aromatic carbocycles. The summed E-state index contributed by atoms with van der Waals surface area (Å²) in [5.41, 5.74) is 2.63. The van der Waals surface area contributed by atoms with Crippen LogP contribution in [0.2, 0.25) is 0 Å². The minimum Gasteiger partial charge on any atom is -0.389 e. The molecule has 1 aliphatic rings. The Morgan fingerprint density at radius 3 is 2.65 bits per heavy atom. The number of anilines is 1. The molecule has 1 fully saturated rings. The topological polar surface area (TPSA) is 23.5 Å². The highest BCUT2D eigenvalue weighted by molar-refractivity contribution is 5.55. The fraction of sp³-hybridized carbons (Fsp3) is 0.600. The number of hydrogen-bond donors (Lipinski definition) is 1. The molecule has 17 heavy (non-hydrogen) atoms. The van der Waals surface area contributed by atoms with Crippen molar-refractivity contribution < 1.29 is 5.11 Å². The van der Waals surface area contributed by atoms with Crippen molar-refractivity contribution in [3.8, 4) is 0 Å². The monoisotopic (exact) mass is 233 g/mol. The Hall–Kier alpha value is -1.02. The first-order valence-electron chi connectivity index (χ1n) is 6.51. The van der Waals surface area contributed by atoms with Crippen molar-refractivity contribution >= 4 is 5.69 Å². The van der Waals surface area contributed by atoms with E-state index < -0.39 is 6.10 Å². The number of benzene rings is 1. The average molecular weight is 233 g/mol. The Labute approximate surface area is 104 Å².